The molecule has 0 saturated heterocycles. The van der Waals surface area contributed by atoms with E-state index in [1.807, 2.05) is 0 Å². The van der Waals surface area contributed by atoms with E-state index in [0.717, 1.165) is 0 Å². The van der Waals surface area contributed by atoms with Crippen LogP contribution in [0.2, 0.25) is 0 Å². The SMILES string of the molecule is COc1cccc(S(=O)(=O)CC(O)C(=O)O)c1. The summed E-state index contributed by atoms with van der Waals surface area (Å²) in [6.45, 7) is 0. The van der Waals surface area contributed by atoms with Gasteiger partial charge in [-0.1, -0.05) is 6.07 Å². The summed E-state index contributed by atoms with van der Waals surface area (Å²) in [5.41, 5.74) is 0. The number of hydrogen-bond donors (Lipinski definition) is 2. The summed E-state index contributed by atoms with van der Waals surface area (Å²) in [6, 6.07) is 5.61. The maximum Gasteiger partial charge on any atom is 0.333 e. The fourth-order valence-electron chi connectivity index (χ4n) is 1.17. The first kappa shape index (κ1) is 13.5. The van der Waals surface area contributed by atoms with Crippen molar-refractivity contribution in [1.29, 1.82) is 0 Å². The monoisotopic (exact) mass is 260 g/mol. The molecular weight excluding hydrogens is 248 g/mol. The van der Waals surface area contributed by atoms with E-state index in [9.17, 15) is 13.2 Å². The van der Waals surface area contributed by atoms with Crippen molar-refractivity contribution >= 4 is 15.8 Å². The van der Waals surface area contributed by atoms with Gasteiger partial charge in [0.2, 0.25) is 0 Å². The van der Waals surface area contributed by atoms with Gasteiger partial charge in [-0.15, -0.1) is 0 Å². The molecule has 1 unspecified atom stereocenters. The maximum absolute atomic E-state index is 11.7. The van der Waals surface area contributed by atoms with Gasteiger partial charge in [0.15, 0.2) is 15.9 Å². The van der Waals surface area contributed by atoms with Gasteiger partial charge in [0.25, 0.3) is 0 Å². The summed E-state index contributed by atoms with van der Waals surface area (Å²) < 4.78 is 28.3. The molecule has 1 rings (SSSR count). The highest BCUT2D eigenvalue weighted by molar-refractivity contribution is 7.91. The van der Waals surface area contributed by atoms with Crippen molar-refractivity contribution in [3.05, 3.63) is 24.3 Å². The number of benzene rings is 1. The number of hydrogen-bond acceptors (Lipinski definition) is 5. The average molecular weight is 260 g/mol. The molecule has 94 valence electrons. The van der Waals surface area contributed by atoms with E-state index in [-0.39, 0.29) is 4.90 Å². The molecule has 0 spiro atoms. The van der Waals surface area contributed by atoms with Gasteiger partial charge in [-0.2, -0.15) is 0 Å². The second kappa shape index (κ2) is 5.15. The zero-order valence-electron chi connectivity index (χ0n) is 9.03. The van der Waals surface area contributed by atoms with Crippen molar-refractivity contribution in [2.45, 2.75) is 11.0 Å². The van der Waals surface area contributed by atoms with Gasteiger partial charge in [-0.05, 0) is 18.2 Å². The van der Waals surface area contributed by atoms with E-state index < -0.39 is 27.7 Å². The normalized spacial score (nSPS) is 13.1. The number of aliphatic hydroxyl groups excluding tert-OH is 1. The minimum atomic E-state index is -3.85. The number of aliphatic carboxylic acids is 1. The predicted octanol–water partition coefficient (Wildman–Crippen LogP) is -0.0856. The molecule has 0 aliphatic heterocycles. The van der Waals surface area contributed by atoms with Crippen LogP contribution in [0, 0.1) is 0 Å². The second-order valence-corrected chi connectivity index (χ2v) is 5.35. The van der Waals surface area contributed by atoms with Crippen molar-refractivity contribution < 1.29 is 28.2 Å². The van der Waals surface area contributed by atoms with E-state index >= 15 is 0 Å². The molecule has 1 atom stereocenters. The lowest BCUT2D eigenvalue weighted by atomic mass is 10.3. The zero-order chi connectivity index (χ0) is 13.1. The number of ether oxygens (including phenoxy) is 1. The average Bonchev–Trinajstić information content (AvgIpc) is 2.28. The quantitative estimate of drug-likeness (QED) is 0.767. The highest BCUT2D eigenvalue weighted by atomic mass is 32.2. The highest BCUT2D eigenvalue weighted by Crippen LogP contribution is 2.18. The molecule has 0 saturated carbocycles. The largest absolute Gasteiger partial charge is 0.497 e. The molecule has 0 bridgehead atoms. The molecule has 0 radical (unpaired) electrons. The molecule has 0 fully saturated rings. The van der Waals surface area contributed by atoms with Gasteiger partial charge in [-0.25, -0.2) is 13.2 Å². The molecule has 1 aromatic carbocycles. The highest BCUT2D eigenvalue weighted by Gasteiger charge is 2.24. The van der Waals surface area contributed by atoms with E-state index in [2.05, 4.69) is 0 Å². The Morgan fingerprint density at radius 3 is 2.65 bits per heavy atom. The van der Waals surface area contributed by atoms with E-state index in [4.69, 9.17) is 14.9 Å². The van der Waals surface area contributed by atoms with Crippen LogP contribution in [0.1, 0.15) is 0 Å². The summed E-state index contributed by atoms with van der Waals surface area (Å²) in [7, 11) is -2.46. The van der Waals surface area contributed by atoms with E-state index in [0.29, 0.717) is 5.75 Å². The molecule has 1 aromatic rings. The van der Waals surface area contributed by atoms with E-state index in [1.54, 1.807) is 6.07 Å². The fraction of sp³-hybridized carbons (Fsp3) is 0.300. The Hall–Kier alpha value is -1.60. The summed E-state index contributed by atoms with van der Waals surface area (Å²) in [6.07, 6.45) is -1.94. The van der Waals surface area contributed by atoms with Crippen LogP contribution in [0.3, 0.4) is 0 Å². The molecule has 0 amide bonds. The summed E-state index contributed by atoms with van der Waals surface area (Å²) >= 11 is 0. The van der Waals surface area contributed by atoms with Crippen molar-refractivity contribution in [1.82, 2.24) is 0 Å². The van der Waals surface area contributed by atoms with Crippen LogP contribution in [0.15, 0.2) is 29.2 Å². The lowest BCUT2D eigenvalue weighted by Gasteiger charge is -2.08. The molecule has 7 heteroatoms. The number of aliphatic hydroxyl groups is 1. The van der Waals surface area contributed by atoms with Gasteiger partial charge >= 0.3 is 5.97 Å². The Kier molecular flexibility index (Phi) is 4.08. The summed E-state index contributed by atoms with van der Waals surface area (Å²) in [5.74, 6) is -2.09. The lowest BCUT2D eigenvalue weighted by Crippen LogP contribution is -2.28. The summed E-state index contributed by atoms with van der Waals surface area (Å²) in [5, 5.41) is 17.5. The number of methoxy groups -OCH3 is 1. The fourth-order valence-corrected chi connectivity index (χ4v) is 2.50. The number of carbonyl (C=O) groups is 1. The third-order valence-electron chi connectivity index (χ3n) is 2.06. The smallest absolute Gasteiger partial charge is 0.333 e. The Balaban J connectivity index is 3.01. The first-order valence-electron chi connectivity index (χ1n) is 4.64. The van der Waals surface area contributed by atoms with Crippen LogP contribution >= 0.6 is 0 Å². The van der Waals surface area contributed by atoms with Crippen molar-refractivity contribution in [3.8, 4) is 5.75 Å². The number of carboxylic acids is 1. The predicted molar refractivity (Wildman–Crippen MR) is 58.7 cm³/mol. The van der Waals surface area contributed by atoms with Gasteiger partial charge in [0.1, 0.15) is 5.75 Å². The zero-order valence-corrected chi connectivity index (χ0v) is 9.85. The molecule has 0 aromatic heterocycles. The standard InChI is InChI=1S/C10H12O6S/c1-16-7-3-2-4-8(5-7)17(14,15)6-9(11)10(12)13/h2-5,9,11H,6H2,1H3,(H,12,13). The lowest BCUT2D eigenvalue weighted by molar-refractivity contribution is -0.145. The van der Waals surface area contributed by atoms with Gasteiger partial charge in [-0.3, -0.25) is 0 Å². The Morgan fingerprint density at radius 2 is 2.12 bits per heavy atom. The Labute approximate surface area is 98.4 Å². The first-order chi connectivity index (χ1) is 7.86. The Morgan fingerprint density at radius 1 is 1.47 bits per heavy atom. The molecule has 17 heavy (non-hydrogen) atoms. The van der Waals surface area contributed by atoms with Crippen LogP contribution in [-0.2, 0) is 14.6 Å². The van der Waals surface area contributed by atoms with E-state index in [1.165, 1.54) is 25.3 Å². The van der Waals surface area contributed by atoms with Gasteiger partial charge < -0.3 is 14.9 Å². The van der Waals surface area contributed by atoms with Crippen molar-refractivity contribution in [2.75, 3.05) is 12.9 Å². The van der Waals surface area contributed by atoms with Gasteiger partial charge in [0, 0.05) is 0 Å². The number of rotatable bonds is 5. The van der Waals surface area contributed by atoms with Gasteiger partial charge in [0.05, 0.1) is 17.8 Å². The topological polar surface area (TPSA) is 101 Å². The molecule has 6 nitrogen and oxygen atoms in total. The van der Waals surface area contributed by atoms with Crippen LogP contribution in [0.5, 0.6) is 5.75 Å². The van der Waals surface area contributed by atoms with Crippen LogP contribution in [0.4, 0.5) is 0 Å². The number of sulfone groups is 1. The number of carboxylic acid groups (broad SMARTS) is 1. The minimum absolute atomic E-state index is 0.0860. The second-order valence-electron chi connectivity index (χ2n) is 3.31. The first-order valence-corrected chi connectivity index (χ1v) is 6.29. The molecule has 0 aliphatic carbocycles. The molecule has 0 heterocycles. The van der Waals surface area contributed by atoms with Crippen LogP contribution in [0.25, 0.3) is 0 Å². The molecule has 2 N–H and O–H groups in total. The van der Waals surface area contributed by atoms with Crippen LogP contribution < -0.4 is 4.74 Å². The minimum Gasteiger partial charge on any atom is -0.497 e. The Bertz CT molecular complexity index is 507. The molecular formula is C10H12O6S. The van der Waals surface area contributed by atoms with Crippen LogP contribution in [-0.4, -0.2) is 43.6 Å². The van der Waals surface area contributed by atoms with Crippen molar-refractivity contribution in [2.24, 2.45) is 0 Å². The van der Waals surface area contributed by atoms with Crippen molar-refractivity contribution in [3.63, 3.8) is 0 Å². The third kappa shape index (κ3) is 3.43. The third-order valence-corrected chi connectivity index (χ3v) is 3.79. The summed E-state index contributed by atoms with van der Waals surface area (Å²) in [4.78, 5) is 10.3. The molecule has 0 aliphatic rings. The maximum atomic E-state index is 11.7.